The van der Waals surface area contributed by atoms with Gasteiger partial charge in [-0.3, -0.25) is 4.79 Å². The number of hydrogen-bond acceptors (Lipinski definition) is 4. The highest BCUT2D eigenvalue weighted by Crippen LogP contribution is 2.23. The maximum atomic E-state index is 12.5. The first kappa shape index (κ1) is 20.8. The number of likely N-dealkylation sites (tertiary alicyclic amines) is 1. The minimum Gasteiger partial charge on any atom is -0.339 e. The Morgan fingerprint density at radius 1 is 1.33 bits per heavy atom. The van der Waals surface area contributed by atoms with Gasteiger partial charge >= 0.3 is 5.76 Å². The van der Waals surface area contributed by atoms with Gasteiger partial charge in [0, 0.05) is 12.6 Å². The summed E-state index contributed by atoms with van der Waals surface area (Å²) in [7, 11) is -4.60. The molecule has 0 bridgehead atoms. The Morgan fingerprint density at radius 3 is 2.38 bits per heavy atom. The first-order valence-corrected chi connectivity index (χ1v) is 8.91. The maximum Gasteiger partial charge on any atom is 0.341 e. The van der Waals surface area contributed by atoms with Crippen molar-refractivity contribution in [3.05, 3.63) is 29.8 Å². The molecule has 2 atom stereocenters. The van der Waals surface area contributed by atoms with Gasteiger partial charge in [-0.1, -0.05) is 12.1 Å². The van der Waals surface area contributed by atoms with Gasteiger partial charge in [0.2, 0.25) is 15.7 Å². The van der Waals surface area contributed by atoms with Crippen LogP contribution in [0.1, 0.15) is 18.9 Å². The molecule has 1 amide bonds. The van der Waals surface area contributed by atoms with E-state index >= 15 is 0 Å². The Balaban J connectivity index is 0.00000288. The van der Waals surface area contributed by atoms with Crippen LogP contribution in [-0.4, -0.2) is 44.1 Å². The molecular formula is C15H21ClF2N2O3S. The zero-order valence-corrected chi connectivity index (χ0v) is 14.8. The summed E-state index contributed by atoms with van der Waals surface area (Å²) in [4.78, 5) is 13.6. The van der Waals surface area contributed by atoms with Gasteiger partial charge in [0.25, 0.3) is 0 Å². The lowest BCUT2D eigenvalue weighted by atomic mass is 10.1. The fourth-order valence-corrected chi connectivity index (χ4v) is 3.56. The van der Waals surface area contributed by atoms with E-state index in [1.807, 2.05) is 6.92 Å². The van der Waals surface area contributed by atoms with Crippen LogP contribution in [0.15, 0.2) is 29.2 Å². The van der Waals surface area contributed by atoms with Crippen LogP contribution in [-0.2, 0) is 21.1 Å². The van der Waals surface area contributed by atoms with Crippen LogP contribution >= 0.6 is 12.4 Å². The molecule has 0 spiro atoms. The number of carbonyl (C=O) groups excluding carboxylic acids is 1. The molecule has 1 aromatic rings. The Morgan fingerprint density at radius 2 is 1.92 bits per heavy atom. The minimum atomic E-state index is -4.60. The Bertz CT molecular complexity index is 668. The third-order valence-electron chi connectivity index (χ3n) is 4.16. The van der Waals surface area contributed by atoms with Crippen molar-refractivity contribution in [3.8, 4) is 0 Å². The van der Waals surface area contributed by atoms with Crippen LogP contribution in [0.4, 0.5) is 8.78 Å². The van der Waals surface area contributed by atoms with Crippen molar-refractivity contribution in [2.45, 2.75) is 36.5 Å². The van der Waals surface area contributed by atoms with E-state index in [1.165, 1.54) is 12.1 Å². The largest absolute Gasteiger partial charge is 0.341 e. The second-order valence-corrected chi connectivity index (χ2v) is 7.78. The number of hydrogen-bond donors (Lipinski definition) is 1. The summed E-state index contributed by atoms with van der Waals surface area (Å²) in [5.41, 5.74) is 6.23. The molecule has 0 radical (unpaired) electrons. The third kappa shape index (κ3) is 4.43. The maximum absolute atomic E-state index is 12.5. The van der Waals surface area contributed by atoms with Crippen molar-refractivity contribution in [1.29, 1.82) is 0 Å². The number of alkyl halides is 2. The number of amides is 1. The van der Waals surface area contributed by atoms with Gasteiger partial charge in [0.1, 0.15) is 0 Å². The first-order chi connectivity index (χ1) is 10.8. The molecule has 1 aromatic carbocycles. The molecule has 5 nitrogen and oxygen atoms in total. The van der Waals surface area contributed by atoms with E-state index in [4.69, 9.17) is 5.73 Å². The molecule has 2 rings (SSSR count). The van der Waals surface area contributed by atoms with E-state index in [9.17, 15) is 22.0 Å². The third-order valence-corrected chi connectivity index (χ3v) is 5.56. The average Bonchev–Trinajstić information content (AvgIpc) is 2.89. The first-order valence-electron chi connectivity index (χ1n) is 7.36. The van der Waals surface area contributed by atoms with Crippen LogP contribution in [0.25, 0.3) is 0 Å². The lowest BCUT2D eigenvalue weighted by molar-refractivity contribution is -0.131. The average molecular weight is 383 g/mol. The number of carbonyl (C=O) groups is 1. The molecule has 1 heterocycles. The van der Waals surface area contributed by atoms with Crippen molar-refractivity contribution >= 4 is 28.2 Å². The highest BCUT2D eigenvalue weighted by atomic mass is 35.5. The van der Waals surface area contributed by atoms with Gasteiger partial charge in [-0.25, -0.2) is 8.42 Å². The molecule has 24 heavy (non-hydrogen) atoms. The van der Waals surface area contributed by atoms with Crippen molar-refractivity contribution in [3.63, 3.8) is 0 Å². The molecule has 1 saturated heterocycles. The van der Waals surface area contributed by atoms with Crippen LogP contribution in [0, 0.1) is 5.92 Å². The van der Waals surface area contributed by atoms with Crippen molar-refractivity contribution < 1.29 is 22.0 Å². The number of halogens is 3. The Labute approximate surface area is 146 Å². The molecule has 0 saturated carbocycles. The van der Waals surface area contributed by atoms with Crippen molar-refractivity contribution in [2.75, 3.05) is 13.1 Å². The molecule has 2 unspecified atom stereocenters. The minimum absolute atomic E-state index is 0. The fourth-order valence-electron chi connectivity index (χ4n) is 2.84. The van der Waals surface area contributed by atoms with Crippen molar-refractivity contribution in [2.24, 2.45) is 11.7 Å². The molecule has 1 aliphatic heterocycles. The SMILES string of the molecule is CC1CC(CN)CN1C(=O)Cc1ccc(S(=O)(=O)C(F)F)cc1.Cl. The molecule has 0 aromatic heterocycles. The quantitative estimate of drug-likeness (QED) is 0.842. The van der Waals surface area contributed by atoms with E-state index in [-0.39, 0.29) is 30.8 Å². The van der Waals surface area contributed by atoms with E-state index < -0.39 is 20.5 Å². The standard InChI is InChI=1S/C15H20F2N2O3S.ClH/c1-10-6-12(8-18)9-19(10)14(20)7-11-2-4-13(5-3-11)23(21,22)15(16)17;/h2-5,10,12,15H,6-9,18H2,1H3;1H. The predicted molar refractivity (Wildman–Crippen MR) is 88.9 cm³/mol. The lowest BCUT2D eigenvalue weighted by Crippen LogP contribution is -2.35. The summed E-state index contributed by atoms with van der Waals surface area (Å²) >= 11 is 0. The van der Waals surface area contributed by atoms with E-state index in [0.717, 1.165) is 18.6 Å². The number of nitrogens with zero attached hydrogens (tertiary/aromatic N) is 1. The molecule has 9 heteroatoms. The highest BCUT2D eigenvalue weighted by Gasteiger charge is 2.31. The molecule has 1 fully saturated rings. The van der Waals surface area contributed by atoms with Gasteiger partial charge in [0.05, 0.1) is 11.3 Å². The van der Waals surface area contributed by atoms with E-state index in [2.05, 4.69) is 0 Å². The summed E-state index contributed by atoms with van der Waals surface area (Å²) in [6.45, 7) is 3.12. The van der Waals surface area contributed by atoms with Crippen LogP contribution in [0.5, 0.6) is 0 Å². The summed E-state index contributed by atoms with van der Waals surface area (Å²) in [6, 6.07) is 5.14. The molecule has 136 valence electrons. The van der Waals surface area contributed by atoms with Gasteiger partial charge in [-0.2, -0.15) is 8.78 Å². The molecular weight excluding hydrogens is 362 g/mol. The summed E-state index contributed by atoms with van der Waals surface area (Å²) in [6.07, 6.45) is 0.977. The lowest BCUT2D eigenvalue weighted by Gasteiger charge is -2.21. The summed E-state index contributed by atoms with van der Waals surface area (Å²) in [5.74, 6) is -3.22. The fraction of sp³-hybridized carbons (Fsp3) is 0.533. The van der Waals surface area contributed by atoms with E-state index in [0.29, 0.717) is 24.6 Å². The van der Waals surface area contributed by atoms with Crippen LogP contribution < -0.4 is 5.73 Å². The smallest absolute Gasteiger partial charge is 0.339 e. The second-order valence-electron chi connectivity index (χ2n) is 5.86. The summed E-state index contributed by atoms with van der Waals surface area (Å²) < 4.78 is 47.6. The van der Waals surface area contributed by atoms with Gasteiger partial charge in [-0.05, 0) is 43.5 Å². The van der Waals surface area contributed by atoms with Crippen LogP contribution in [0.2, 0.25) is 0 Å². The van der Waals surface area contributed by atoms with Gasteiger partial charge in [-0.15, -0.1) is 12.4 Å². The zero-order valence-electron chi connectivity index (χ0n) is 13.2. The zero-order chi connectivity index (χ0) is 17.2. The number of rotatable bonds is 5. The number of benzene rings is 1. The monoisotopic (exact) mass is 382 g/mol. The van der Waals surface area contributed by atoms with E-state index in [1.54, 1.807) is 4.90 Å². The van der Waals surface area contributed by atoms with Crippen molar-refractivity contribution in [1.82, 2.24) is 4.90 Å². The summed E-state index contributed by atoms with van der Waals surface area (Å²) in [5, 5.41) is 0. The normalized spacial score (nSPS) is 21.0. The Kier molecular flexibility index (Phi) is 7.12. The predicted octanol–water partition coefficient (Wildman–Crippen LogP) is 1.84. The van der Waals surface area contributed by atoms with Gasteiger partial charge < -0.3 is 10.6 Å². The molecule has 0 aliphatic carbocycles. The number of sulfone groups is 1. The second kappa shape index (κ2) is 8.22. The molecule has 1 aliphatic rings. The van der Waals surface area contributed by atoms with Crippen LogP contribution in [0.3, 0.4) is 0 Å². The van der Waals surface area contributed by atoms with Gasteiger partial charge in [0.15, 0.2) is 0 Å². The Hall–Kier alpha value is -1.25. The number of nitrogens with two attached hydrogens (primary N) is 1. The highest BCUT2D eigenvalue weighted by molar-refractivity contribution is 7.91. The topological polar surface area (TPSA) is 80.5 Å². The molecule has 2 N–H and O–H groups in total.